The van der Waals surface area contributed by atoms with E-state index in [1.807, 2.05) is 44.5 Å². The number of aromatic nitrogens is 2. The van der Waals surface area contributed by atoms with E-state index < -0.39 is 0 Å². The number of aryl methyl sites for hydroxylation is 1. The first kappa shape index (κ1) is 18.7. The fourth-order valence-corrected chi connectivity index (χ4v) is 4.63. The molecule has 5 nitrogen and oxygen atoms in total. The van der Waals surface area contributed by atoms with Crippen LogP contribution in [0.4, 0.5) is 0 Å². The quantitative estimate of drug-likeness (QED) is 0.697. The SMILES string of the molecule is Cc1nc(-c2ccccc2)sc1C(C)N(C)C(=O)c1csc(CCN)n1. The summed E-state index contributed by atoms with van der Waals surface area (Å²) in [5.41, 5.74) is 8.10. The number of nitrogens with two attached hydrogens (primary N) is 1. The Labute approximate surface area is 161 Å². The molecule has 136 valence electrons. The second kappa shape index (κ2) is 8.07. The minimum atomic E-state index is -0.0777. The number of nitrogens with zero attached hydrogens (tertiary/aromatic N) is 3. The van der Waals surface area contributed by atoms with Crippen LogP contribution in [-0.4, -0.2) is 34.4 Å². The first-order chi connectivity index (χ1) is 12.5. The highest BCUT2D eigenvalue weighted by atomic mass is 32.1. The first-order valence-electron chi connectivity index (χ1n) is 8.45. The molecule has 1 unspecified atom stereocenters. The van der Waals surface area contributed by atoms with E-state index in [0.29, 0.717) is 18.7 Å². The molecule has 0 radical (unpaired) electrons. The van der Waals surface area contributed by atoms with E-state index in [2.05, 4.69) is 17.1 Å². The first-order valence-corrected chi connectivity index (χ1v) is 10.1. The maximum Gasteiger partial charge on any atom is 0.273 e. The van der Waals surface area contributed by atoms with E-state index in [4.69, 9.17) is 10.7 Å². The topological polar surface area (TPSA) is 72.1 Å². The van der Waals surface area contributed by atoms with Crippen LogP contribution in [0.25, 0.3) is 10.6 Å². The van der Waals surface area contributed by atoms with Crippen LogP contribution in [-0.2, 0) is 6.42 Å². The molecule has 1 atom stereocenters. The van der Waals surface area contributed by atoms with Gasteiger partial charge in [-0.05, 0) is 20.4 Å². The summed E-state index contributed by atoms with van der Waals surface area (Å²) in [5.74, 6) is -0.0777. The van der Waals surface area contributed by atoms with E-state index in [1.165, 1.54) is 11.3 Å². The fraction of sp³-hybridized carbons (Fsp3) is 0.316. The summed E-state index contributed by atoms with van der Waals surface area (Å²) >= 11 is 3.12. The Balaban J connectivity index is 1.80. The van der Waals surface area contributed by atoms with Gasteiger partial charge in [0.1, 0.15) is 10.7 Å². The smallest absolute Gasteiger partial charge is 0.273 e. The summed E-state index contributed by atoms with van der Waals surface area (Å²) in [6, 6.07) is 10.0. The molecule has 2 aromatic heterocycles. The zero-order valence-electron chi connectivity index (χ0n) is 15.1. The zero-order valence-corrected chi connectivity index (χ0v) is 16.7. The van der Waals surface area contributed by atoms with Crippen molar-refractivity contribution in [2.45, 2.75) is 26.3 Å². The molecule has 1 aromatic carbocycles. The summed E-state index contributed by atoms with van der Waals surface area (Å²) in [5, 5.41) is 3.69. The lowest BCUT2D eigenvalue weighted by Crippen LogP contribution is -2.29. The zero-order chi connectivity index (χ0) is 18.7. The molecule has 0 fully saturated rings. The van der Waals surface area contributed by atoms with Crippen LogP contribution in [0, 0.1) is 6.92 Å². The molecule has 3 aromatic rings. The largest absolute Gasteiger partial charge is 0.333 e. The highest BCUT2D eigenvalue weighted by Crippen LogP contribution is 2.34. The van der Waals surface area contributed by atoms with E-state index in [-0.39, 0.29) is 11.9 Å². The van der Waals surface area contributed by atoms with E-state index in [0.717, 1.165) is 26.1 Å². The Morgan fingerprint density at radius 2 is 2.00 bits per heavy atom. The van der Waals surface area contributed by atoms with Gasteiger partial charge in [0.05, 0.1) is 21.6 Å². The Morgan fingerprint density at radius 1 is 1.27 bits per heavy atom. The van der Waals surface area contributed by atoms with Crippen LogP contribution in [0.3, 0.4) is 0 Å². The van der Waals surface area contributed by atoms with Gasteiger partial charge in [0.25, 0.3) is 5.91 Å². The number of thiazole rings is 2. The van der Waals surface area contributed by atoms with Gasteiger partial charge in [-0.25, -0.2) is 9.97 Å². The van der Waals surface area contributed by atoms with Gasteiger partial charge in [0.2, 0.25) is 0 Å². The molecule has 0 bridgehead atoms. The molecule has 2 heterocycles. The van der Waals surface area contributed by atoms with Crippen LogP contribution in [0.2, 0.25) is 0 Å². The highest BCUT2D eigenvalue weighted by molar-refractivity contribution is 7.15. The number of hydrogen-bond donors (Lipinski definition) is 1. The van der Waals surface area contributed by atoms with Crippen LogP contribution < -0.4 is 5.73 Å². The summed E-state index contributed by atoms with van der Waals surface area (Å²) in [6.07, 6.45) is 0.700. The Bertz CT molecular complexity index is 888. The maximum atomic E-state index is 12.8. The summed E-state index contributed by atoms with van der Waals surface area (Å²) < 4.78 is 0. The number of rotatable bonds is 6. The summed E-state index contributed by atoms with van der Waals surface area (Å²) in [7, 11) is 1.82. The third-order valence-electron chi connectivity index (χ3n) is 4.26. The molecule has 0 saturated heterocycles. The number of hydrogen-bond acceptors (Lipinski definition) is 6. The lowest BCUT2D eigenvalue weighted by Gasteiger charge is -2.23. The summed E-state index contributed by atoms with van der Waals surface area (Å²) in [4.78, 5) is 24.7. The monoisotopic (exact) mass is 386 g/mol. The standard InChI is InChI=1S/C19H22N4OS2/c1-12-17(26-18(21-12)14-7-5-4-6-8-14)13(2)23(3)19(24)15-11-25-16(22-15)9-10-20/h4-8,11,13H,9-10,20H2,1-3H3. The van der Waals surface area contributed by atoms with Crippen molar-refractivity contribution in [1.82, 2.24) is 14.9 Å². The molecular weight excluding hydrogens is 364 g/mol. The molecule has 1 amide bonds. The molecule has 0 aliphatic carbocycles. The van der Waals surface area contributed by atoms with Gasteiger partial charge in [0.15, 0.2) is 0 Å². The van der Waals surface area contributed by atoms with Crippen molar-refractivity contribution >= 4 is 28.6 Å². The van der Waals surface area contributed by atoms with Gasteiger partial charge >= 0.3 is 0 Å². The van der Waals surface area contributed by atoms with Crippen molar-refractivity contribution in [1.29, 1.82) is 0 Å². The number of carbonyl (C=O) groups is 1. The van der Waals surface area contributed by atoms with Crippen LogP contribution in [0.15, 0.2) is 35.7 Å². The number of amides is 1. The minimum absolute atomic E-state index is 0.0721. The molecular formula is C19H22N4OS2. The maximum absolute atomic E-state index is 12.8. The van der Waals surface area contributed by atoms with Crippen LogP contribution in [0.1, 0.15) is 39.0 Å². The predicted molar refractivity (Wildman–Crippen MR) is 108 cm³/mol. The van der Waals surface area contributed by atoms with Crippen molar-refractivity contribution in [3.05, 3.63) is 57.0 Å². The third kappa shape index (κ3) is 3.85. The molecule has 2 N–H and O–H groups in total. The van der Waals surface area contributed by atoms with Gasteiger partial charge in [-0.2, -0.15) is 0 Å². The van der Waals surface area contributed by atoms with Gasteiger partial charge in [0, 0.05) is 24.4 Å². The Morgan fingerprint density at radius 3 is 2.69 bits per heavy atom. The minimum Gasteiger partial charge on any atom is -0.333 e. The predicted octanol–water partition coefficient (Wildman–Crippen LogP) is 3.91. The summed E-state index contributed by atoms with van der Waals surface area (Å²) in [6.45, 7) is 4.56. The van der Waals surface area contributed by atoms with Gasteiger partial charge in [-0.15, -0.1) is 22.7 Å². The second-order valence-electron chi connectivity index (χ2n) is 6.09. The lowest BCUT2D eigenvalue weighted by atomic mass is 10.2. The molecule has 3 rings (SSSR count). The Hall–Kier alpha value is -2.09. The van der Waals surface area contributed by atoms with Crippen molar-refractivity contribution in [2.24, 2.45) is 5.73 Å². The second-order valence-corrected chi connectivity index (χ2v) is 8.07. The molecule has 0 spiro atoms. The van der Waals surface area contributed by atoms with E-state index in [9.17, 15) is 4.79 Å². The molecule has 0 saturated carbocycles. The van der Waals surface area contributed by atoms with Gasteiger partial charge in [-0.3, -0.25) is 4.79 Å². The third-order valence-corrected chi connectivity index (χ3v) is 6.55. The molecule has 0 aliphatic rings. The van der Waals surface area contributed by atoms with Crippen LogP contribution >= 0.6 is 22.7 Å². The van der Waals surface area contributed by atoms with Gasteiger partial charge in [-0.1, -0.05) is 30.3 Å². The van der Waals surface area contributed by atoms with E-state index >= 15 is 0 Å². The average Bonchev–Trinajstić information content (AvgIpc) is 3.28. The van der Waals surface area contributed by atoms with Crippen molar-refractivity contribution in [2.75, 3.05) is 13.6 Å². The normalized spacial score (nSPS) is 12.2. The van der Waals surface area contributed by atoms with Crippen molar-refractivity contribution in [3.8, 4) is 10.6 Å². The molecule has 0 aliphatic heterocycles. The van der Waals surface area contributed by atoms with Crippen molar-refractivity contribution in [3.63, 3.8) is 0 Å². The average molecular weight is 387 g/mol. The molecule has 7 heteroatoms. The Kier molecular flexibility index (Phi) is 5.80. The number of carbonyl (C=O) groups excluding carboxylic acids is 1. The number of benzene rings is 1. The lowest BCUT2D eigenvalue weighted by molar-refractivity contribution is 0.0739. The fourth-order valence-electron chi connectivity index (χ4n) is 2.68. The highest BCUT2D eigenvalue weighted by Gasteiger charge is 2.24. The van der Waals surface area contributed by atoms with Crippen molar-refractivity contribution < 1.29 is 4.79 Å². The van der Waals surface area contributed by atoms with Gasteiger partial charge < -0.3 is 10.6 Å². The molecule has 26 heavy (non-hydrogen) atoms. The van der Waals surface area contributed by atoms with Crippen LogP contribution in [0.5, 0.6) is 0 Å². The van der Waals surface area contributed by atoms with E-state index in [1.54, 1.807) is 16.2 Å².